The van der Waals surface area contributed by atoms with Crippen molar-refractivity contribution in [3.05, 3.63) is 36.3 Å². The fraction of sp³-hybridized carbons (Fsp3) is 0.385. The van der Waals surface area contributed by atoms with E-state index in [0.717, 1.165) is 11.3 Å². The minimum absolute atomic E-state index is 0.0170. The molecule has 0 fully saturated rings. The van der Waals surface area contributed by atoms with Gasteiger partial charge in [-0.15, -0.1) is 0 Å². The summed E-state index contributed by atoms with van der Waals surface area (Å²) in [6.07, 6.45) is 3.86. The molecule has 2 aromatic rings. The highest BCUT2D eigenvalue weighted by molar-refractivity contribution is 5.83. The van der Waals surface area contributed by atoms with Crippen LogP contribution in [0, 0.1) is 5.92 Å². The normalized spacial score (nSPS) is 12.9. The molecule has 0 saturated carbocycles. The zero-order valence-electron chi connectivity index (χ0n) is 10.3. The summed E-state index contributed by atoms with van der Waals surface area (Å²) >= 11 is 0. The number of carbonyl (C=O) groups is 1. The van der Waals surface area contributed by atoms with Crippen LogP contribution in [0.15, 0.2) is 30.6 Å². The fourth-order valence-corrected chi connectivity index (χ4v) is 2.04. The first-order chi connectivity index (χ1) is 8.13. The predicted molar refractivity (Wildman–Crippen MR) is 66.8 cm³/mol. The van der Waals surface area contributed by atoms with Crippen molar-refractivity contribution in [3.63, 3.8) is 0 Å². The second-order valence-corrected chi connectivity index (χ2v) is 4.47. The highest BCUT2D eigenvalue weighted by atomic mass is 16.1. The minimum atomic E-state index is -0.195. The van der Waals surface area contributed by atoms with E-state index < -0.39 is 0 Å². The summed E-state index contributed by atoms with van der Waals surface area (Å²) in [7, 11) is 1.66. The molecule has 0 aliphatic rings. The average molecular weight is 231 g/mol. The maximum absolute atomic E-state index is 11.9. The molecular formula is C13H17N3O. The Morgan fingerprint density at radius 3 is 2.76 bits per heavy atom. The van der Waals surface area contributed by atoms with E-state index in [1.807, 2.05) is 48.8 Å². The number of aromatic nitrogens is 2. The van der Waals surface area contributed by atoms with E-state index in [0.29, 0.717) is 0 Å². The average Bonchev–Trinajstić information content (AvgIpc) is 2.71. The zero-order chi connectivity index (χ0) is 12.4. The Kier molecular flexibility index (Phi) is 3.13. The fourth-order valence-electron chi connectivity index (χ4n) is 2.04. The molecule has 0 bridgehead atoms. The molecule has 1 amide bonds. The number of carbonyl (C=O) groups excluding carboxylic acids is 1. The molecule has 90 valence electrons. The largest absolute Gasteiger partial charge is 0.359 e. The molecule has 2 rings (SSSR count). The molecule has 2 heterocycles. The molecule has 1 atom stereocenters. The molecule has 1 unspecified atom stereocenters. The maximum Gasteiger partial charge on any atom is 0.229 e. The van der Waals surface area contributed by atoms with Crippen molar-refractivity contribution in [2.24, 2.45) is 5.92 Å². The summed E-state index contributed by atoms with van der Waals surface area (Å²) in [6.45, 7) is 4.06. The third-order valence-corrected chi connectivity index (χ3v) is 2.90. The van der Waals surface area contributed by atoms with Gasteiger partial charge in [0.2, 0.25) is 5.91 Å². The van der Waals surface area contributed by atoms with Crippen molar-refractivity contribution in [2.45, 2.75) is 19.8 Å². The summed E-state index contributed by atoms with van der Waals surface area (Å²) in [6, 6.07) is 5.82. The lowest BCUT2D eigenvalue weighted by Crippen LogP contribution is -2.29. The Morgan fingerprint density at radius 1 is 1.41 bits per heavy atom. The van der Waals surface area contributed by atoms with E-state index in [2.05, 4.69) is 10.3 Å². The molecule has 0 aliphatic carbocycles. The zero-order valence-corrected chi connectivity index (χ0v) is 10.3. The smallest absolute Gasteiger partial charge is 0.229 e. The van der Waals surface area contributed by atoms with Crippen molar-refractivity contribution in [1.29, 1.82) is 0 Å². The van der Waals surface area contributed by atoms with Crippen LogP contribution in [0.3, 0.4) is 0 Å². The number of nitrogens with zero attached hydrogens (tertiary/aromatic N) is 2. The monoisotopic (exact) mass is 231 g/mol. The van der Waals surface area contributed by atoms with Gasteiger partial charge in [0.15, 0.2) is 0 Å². The van der Waals surface area contributed by atoms with E-state index in [9.17, 15) is 4.79 Å². The van der Waals surface area contributed by atoms with Crippen LogP contribution in [0.5, 0.6) is 0 Å². The van der Waals surface area contributed by atoms with E-state index in [1.54, 1.807) is 7.05 Å². The Bertz CT molecular complexity index is 497. The Morgan fingerprint density at radius 2 is 2.18 bits per heavy atom. The van der Waals surface area contributed by atoms with Gasteiger partial charge in [0.1, 0.15) is 5.65 Å². The lowest BCUT2D eigenvalue weighted by atomic mass is 9.92. The van der Waals surface area contributed by atoms with Gasteiger partial charge in [-0.05, 0) is 18.1 Å². The third kappa shape index (κ3) is 2.16. The van der Waals surface area contributed by atoms with Crippen LogP contribution in [0.25, 0.3) is 5.65 Å². The van der Waals surface area contributed by atoms with Gasteiger partial charge in [0, 0.05) is 19.4 Å². The van der Waals surface area contributed by atoms with Crippen molar-refractivity contribution in [2.75, 3.05) is 7.05 Å². The molecule has 0 aromatic carbocycles. The van der Waals surface area contributed by atoms with Crippen LogP contribution in [-0.2, 0) is 4.79 Å². The van der Waals surface area contributed by atoms with Gasteiger partial charge in [-0.1, -0.05) is 19.9 Å². The third-order valence-electron chi connectivity index (χ3n) is 2.90. The quantitative estimate of drug-likeness (QED) is 0.875. The standard InChI is InChI=1S/C13H17N3O/c1-9(2)12(13(17)14-3)10-8-16-7-5-4-6-11(16)15-10/h4-9,12H,1-3H3,(H,14,17). The molecule has 2 aromatic heterocycles. The van der Waals surface area contributed by atoms with Gasteiger partial charge < -0.3 is 9.72 Å². The summed E-state index contributed by atoms with van der Waals surface area (Å²) in [5.74, 6) is 0.0446. The minimum Gasteiger partial charge on any atom is -0.359 e. The number of imidazole rings is 1. The number of hydrogen-bond acceptors (Lipinski definition) is 2. The molecule has 4 heteroatoms. The number of nitrogens with one attached hydrogen (secondary N) is 1. The van der Waals surface area contributed by atoms with Gasteiger partial charge in [-0.2, -0.15) is 0 Å². The maximum atomic E-state index is 11.9. The first-order valence-corrected chi connectivity index (χ1v) is 5.78. The van der Waals surface area contributed by atoms with Crippen molar-refractivity contribution < 1.29 is 4.79 Å². The number of rotatable bonds is 3. The molecule has 4 nitrogen and oxygen atoms in total. The molecule has 0 saturated heterocycles. The van der Waals surface area contributed by atoms with Crippen molar-refractivity contribution in [3.8, 4) is 0 Å². The lowest BCUT2D eigenvalue weighted by Gasteiger charge is -2.16. The molecule has 0 spiro atoms. The van der Waals surface area contributed by atoms with Crippen LogP contribution < -0.4 is 5.32 Å². The van der Waals surface area contributed by atoms with E-state index >= 15 is 0 Å². The van der Waals surface area contributed by atoms with Crippen LogP contribution in [0.4, 0.5) is 0 Å². The van der Waals surface area contributed by atoms with Crippen molar-refractivity contribution >= 4 is 11.6 Å². The second kappa shape index (κ2) is 4.57. The summed E-state index contributed by atoms with van der Waals surface area (Å²) < 4.78 is 1.94. The van der Waals surface area contributed by atoms with E-state index in [4.69, 9.17) is 0 Å². The topological polar surface area (TPSA) is 46.4 Å². The first kappa shape index (κ1) is 11.6. The van der Waals surface area contributed by atoms with Gasteiger partial charge in [0.25, 0.3) is 0 Å². The van der Waals surface area contributed by atoms with Crippen LogP contribution in [-0.4, -0.2) is 22.3 Å². The highest BCUT2D eigenvalue weighted by Crippen LogP contribution is 2.24. The lowest BCUT2D eigenvalue weighted by molar-refractivity contribution is -0.123. The number of pyridine rings is 1. The number of fused-ring (bicyclic) bond motifs is 1. The second-order valence-electron chi connectivity index (χ2n) is 4.47. The van der Waals surface area contributed by atoms with Crippen LogP contribution in [0.2, 0.25) is 0 Å². The number of likely N-dealkylation sites (N-methyl/N-ethyl adjacent to an activating group) is 1. The Hall–Kier alpha value is -1.84. The summed E-state index contributed by atoms with van der Waals surface area (Å²) in [5, 5.41) is 2.70. The van der Waals surface area contributed by atoms with Gasteiger partial charge in [-0.25, -0.2) is 4.98 Å². The first-order valence-electron chi connectivity index (χ1n) is 5.78. The predicted octanol–water partition coefficient (Wildman–Crippen LogP) is 1.82. The molecule has 0 radical (unpaired) electrons. The van der Waals surface area contributed by atoms with E-state index in [1.165, 1.54) is 0 Å². The Labute approximate surface area is 101 Å². The molecular weight excluding hydrogens is 214 g/mol. The Balaban J connectivity index is 2.45. The SMILES string of the molecule is CNC(=O)C(c1cn2ccccc2n1)C(C)C. The molecule has 1 N–H and O–H groups in total. The molecule has 0 aliphatic heterocycles. The molecule has 17 heavy (non-hydrogen) atoms. The number of hydrogen-bond donors (Lipinski definition) is 1. The van der Waals surface area contributed by atoms with E-state index in [-0.39, 0.29) is 17.7 Å². The summed E-state index contributed by atoms with van der Waals surface area (Å²) in [5.41, 5.74) is 1.70. The number of amides is 1. The van der Waals surface area contributed by atoms with Crippen molar-refractivity contribution in [1.82, 2.24) is 14.7 Å². The summed E-state index contributed by atoms with van der Waals surface area (Å²) in [4.78, 5) is 16.4. The van der Waals surface area contributed by atoms with Gasteiger partial charge in [-0.3, -0.25) is 4.79 Å². The highest BCUT2D eigenvalue weighted by Gasteiger charge is 2.25. The van der Waals surface area contributed by atoms with Crippen LogP contribution in [0.1, 0.15) is 25.5 Å². The van der Waals surface area contributed by atoms with Crippen LogP contribution >= 0.6 is 0 Å². The van der Waals surface area contributed by atoms with Gasteiger partial charge in [0.05, 0.1) is 11.6 Å². The van der Waals surface area contributed by atoms with Gasteiger partial charge >= 0.3 is 0 Å².